The quantitative estimate of drug-likeness (QED) is 0.550. The summed E-state index contributed by atoms with van der Waals surface area (Å²) in [5.74, 6) is -0.0663. The van der Waals surface area contributed by atoms with Gasteiger partial charge < -0.3 is 0 Å². The van der Waals surface area contributed by atoms with Crippen LogP contribution in [0.2, 0.25) is 0 Å². The second kappa shape index (κ2) is 9.96. The van der Waals surface area contributed by atoms with E-state index in [2.05, 4.69) is 67.4 Å². The Bertz CT molecular complexity index is 809. The number of hydrogen-bond acceptors (Lipinski definition) is 4. The van der Waals surface area contributed by atoms with Gasteiger partial charge in [0, 0.05) is 37.2 Å². The van der Waals surface area contributed by atoms with Gasteiger partial charge in [0.1, 0.15) is 0 Å². The molecular weight excluding hydrogens is 416 g/mol. The zero-order valence-corrected chi connectivity index (χ0v) is 18.1. The van der Waals surface area contributed by atoms with Gasteiger partial charge in [-0.05, 0) is 37.1 Å². The Labute approximate surface area is 175 Å². The maximum Gasteiger partial charge on any atom is 0.254 e. The van der Waals surface area contributed by atoms with Crippen molar-refractivity contribution in [1.82, 2.24) is 15.2 Å². The molecule has 5 nitrogen and oxygen atoms in total. The van der Waals surface area contributed by atoms with Crippen LogP contribution < -0.4 is 5.43 Å². The van der Waals surface area contributed by atoms with Crippen molar-refractivity contribution < 1.29 is 4.79 Å². The summed E-state index contributed by atoms with van der Waals surface area (Å²) < 4.78 is 1.02. The van der Waals surface area contributed by atoms with Crippen LogP contribution in [0.3, 0.4) is 0 Å². The van der Waals surface area contributed by atoms with Gasteiger partial charge in [0.2, 0.25) is 0 Å². The van der Waals surface area contributed by atoms with Gasteiger partial charge in [-0.3, -0.25) is 14.6 Å². The molecule has 0 saturated carbocycles. The van der Waals surface area contributed by atoms with Gasteiger partial charge in [-0.15, -0.1) is 0 Å². The number of amides is 1. The van der Waals surface area contributed by atoms with Crippen molar-refractivity contribution in [3.8, 4) is 0 Å². The third-order valence-electron chi connectivity index (χ3n) is 4.97. The molecule has 3 rings (SSSR count). The lowest BCUT2D eigenvalue weighted by molar-refractivity contribution is -0.122. The standard InChI is InChI=1S/C22H27BrN4O/c1-17-3-5-19(6-4-17)15-26-11-13-27(14-12-26)16-22(28)25-24-18(2)20-7-9-21(23)10-8-20/h3-10H,11-16H2,1-2H3,(H,25,28). The molecule has 1 heterocycles. The molecule has 0 atom stereocenters. The highest BCUT2D eigenvalue weighted by Gasteiger charge is 2.19. The van der Waals surface area contributed by atoms with E-state index < -0.39 is 0 Å². The molecule has 1 fully saturated rings. The van der Waals surface area contributed by atoms with Crippen molar-refractivity contribution in [2.24, 2.45) is 5.10 Å². The average molecular weight is 443 g/mol. The number of benzene rings is 2. The van der Waals surface area contributed by atoms with Crippen molar-refractivity contribution in [2.75, 3.05) is 32.7 Å². The highest BCUT2D eigenvalue weighted by Crippen LogP contribution is 2.11. The van der Waals surface area contributed by atoms with Crippen LogP contribution in [0.1, 0.15) is 23.6 Å². The molecule has 1 aliphatic heterocycles. The highest BCUT2D eigenvalue weighted by molar-refractivity contribution is 9.10. The summed E-state index contributed by atoms with van der Waals surface area (Å²) in [6.45, 7) is 9.10. The van der Waals surface area contributed by atoms with Gasteiger partial charge in [-0.1, -0.05) is 57.9 Å². The smallest absolute Gasteiger partial charge is 0.254 e. The van der Waals surface area contributed by atoms with Crippen LogP contribution in [0, 0.1) is 6.92 Å². The summed E-state index contributed by atoms with van der Waals surface area (Å²) >= 11 is 3.42. The third-order valence-corrected chi connectivity index (χ3v) is 5.50. The van der Waals surface area contributed by atoms with Crippen LogP contribution in [0.5, 0.6) is 0 Å². The van der Waals surface area contributed by atoms with E-state index in [1.807, 2.05) is 31.2 Å². The fourth-order valence-electron chi connectivity index (χ4n) is 3.20. The van der Waals surface area contributed by atoms with E-state index in [1.54, 1.807) is 0 Å². The fourth-order valence-corrected chi connectivity index (χ4v) is 3.46. The van der Waals surface area contributed by atoms with E-state index in [4.69, 9.17) is 0 Å². The minimum absolute atomic E-state index is 0.0663. The lowest BCUT2D eigenvalue weighted by Crippen LogP contribution is -2.48. The molecule has 1 aliphatic rings. The lowest BCUT2D eigenvalue weighted by Gasteiger charge is -2.34. The Morgan fingerprint density at radius 2 is 1.61 bits per heavy atom. The largest absolute Gasteiger partial charge is 0.297 e. The Morgan fingerprint density at radius 1 is 1.00 bits per heavy atom. The van der Waals surface area contributed by atoms with Crippen LogP contribution in [0.4, 0.5) is 0 Å². The van der Waals surface area contributed by atoms with Crippen molar-refractivity contribution in [3.05, 3.63) is 69.7 Å². The average Bonchev–Trinajstić information content (AvgIpc) is 2.70. The van der Waals surface area contributed by atoms with Gasteiger partial charge >= 0.3 is 0 Å². The predicted octanol–water partition coefficient (Wildman–Crippen LogP) is 3.42. The molecule has 2 aromatic rings. The Balaban J connectivity index is 1.41. The maximum atomic E-state index is 12.2. The number of carbonyl (C=O) groups excluding carboxylic acids is 1. The molecule has 1 N–H and O–H groups in total. The first kappa shape index (κ1) is 20.7. The van der Waals surface area contributed by atoms with Crippen LogP contribution >= 0.6 is 15.9 Å². The third kappa shape index (κ3) is 6.26. The van der Waals surface area contributed by atoms with Gasteiger partial charge in [-0.2, -0.15) is 5.10 Å². The molecule has 28 heavy (non-hydrogen) atoms. The van der Waals surface area contributed by atoms with Crippen LogP contribution in [-0.2, 0) is 11.3 Å². The molecule has 1 amide bonds. The van der Waals surface area contributed by atoms with Crippen LogP contribution in [0.15, 0.2) is 58.1 Å². The number of hydrogen-bond donors (Lipinski definition) is 1. The summed E-state index contributed by atoms with van der Waals surface area (Å²) in [6.07, 6.45) is 0. The second-order valence-corrected chi connectivity index (χ2v) is 8.19. The summed E-state index contributed by atoms with van der Waals surface area (Å²) in [7, 11) is 0. The number of piperazine rings is 1. The van der Waals surface area contributed by atoms with Crippen molar-refractivity contribution in [2.45, 2.75) is 20.4 Å². The van der Waals surface area contributed by atoms with Gasteiger partial charge in [0.15, 0.2) is 0 Å². The zero-order chi connectivity index (χ0) is 19.9. The molecule has 0 spiro atoms. The molecule has 148 valence electrons. The number of aryl methyl sites for hydroxylation is 1. The number of halogens is 1. The first-order valence-electron chi connectivity index (χ1n) is 9.59. The molecule has 0 bridgehead atoms. The summed E-state index contributed by atoms with van der Waals surface area (Å²) in [4.78, 5) is 16.8. The van der Waals surface area contributed by atoms with E-state index in [0.717, 1.165) is 48.5 Å². The Kier molecular flexibility index (Phi) is 7.36. The Morgan fingerprint density at radius 3 is 2.25 bits per heavy atom. The van der Waals surface area contributed by atoms with Crippen molar-refractivity contribution in [3.63, 3.8) is 0 Å². The van der Waals surface area contributed by atoms with E-state index in [1.165, 1.54) is 11.1 Å². The molecule has 0 aliphatic carbocycles. The first-order valence-corrected chi connectivity index (χ1v) is 10.4. The number of nitrogens with one attached hydrogen (secondary N) is 1. The predicted molar refractivity (Wildman–Crippen MR) is 117 cm³/mol. The van der Waals surface area contributed by atoms with E-state index in [0.29, 0.717) is 6.54 Å². The van der Waals surface area contributed by atoms with Crippen molar-refractivity contribution in [1.29, 1.82) is 0 Å². The molecule has 0 radical (unpaired) electrons. The number of rotatable bonds is 6. The van der Waals surface area contributed by atoms with Crippen LogP contribution in [-0.4, -0.2) is 54.1 Å². The SMILES string of the molecule is CC(=NNC(=O)CN1CCN(Cc2ccc(C)cc2)CC1)c1ccc(Br)cc1. The molecule has 0 aromatic heterocycles. The first-order chi connectivity index (χ1) is 13.5. The number of carbonyl (C=O) groups is 1. The normalized spacial score (nSPS) is 16.2. The van der Waals surface area contributed by atoms with Crippen molar-refractivity contribution >= 4 is 27.5 Å². The summed E-state index contributed by atoms with van der Waals surface area (Å²) in [5, 5.41) is 4.23. The van der Waals surface area contributed by atoms with E-state index >= 15 is 0 Å². The second-order valence-electron chi connectivity index (χ2n) is 7.28. The molecule has 6 heteroatoms. The summed E-state index contributed by atoms with van der Waals surface area (Å²) in [5.41, 5.74) is 7.10. The number of nitrogens with zero attached hydrogens (tertiary/aromatic N) is 3. The van der Waals surface area contributed by atoms with Gasteiger partial charge in [0.05, 0.1) is 12.3 Å². The summed E-state index contributed by atoms with van der Waals surface area (Å²) in [6, 6.07) is 16.6. The molecule has 1 saturated heterocycles. The van der Waals surface area contributed by atoms with Gasteiger partial charge in [0.25, 0.3) is 5.91 Å². The minimum Gasteiger partial charge on any atom is -0.297 e. The topological polar surface area (TPSA) is 47.9 Å². The van der Waals surface area contributed by atoms with Crippen LogP contribution in [0.25, 0.3) is 0 Å². The zero-order valence-electron chi connectivity index (χ0n) is 16.5. The Hall–Kier alpha value is -2.02. The molecule has 0 unspecified atom stereocenters. The fraction of sp³-hybridized carbons (Fsp3) is 0.364. The number of hydrazone groups is 1. The monoisotopic (exact) mass is 442 g/mol. The maximum absolute atomic E-state index is 12.2. The molecular formula is C22H27BrN4O. The van der Waals surface area contributed by atoms with E-state index in [-0.39, 0.29) is 5.91 Å². The van der Waals surface area contributed by atoms with E-state index in [9.17, 15) is 4.79 Å². The highest BCUT2D eigenvalue weighted by atomic mass is 79.9. The molecule has 2 aromatic carbocycles. The van der Waals surface area contributed by atoms with Gasteiger partial charge in [-0.25, -0.2) is 5.43 Å². The minimum atomic E-state index is -0.0663. The lowest BCUT2D eigenvalue weighted by atomic mass is 10.1.